The number of aryl methyl sites for hydroxylation is 2. The third-order valence-corrected chi connectivity index (χ3v) is 5.27. The number of fused-ring (bicyclic) bond motifs is 1. The molecule has 160 valence electrons. The number of hydrogen-bond acceptors (Lipinski definition) is 6. The number of carbonyl (C=O) groups excluding carboxylic acids is 2. The van der Waals surface area contributed by atoms with Crippen molar-refractivity contribution in [2.24, 2.45) is 0 Å². The Morgan fingerprint density at radius 2 is 2.00 bits per heavy atom. The van der Waals surface area contributed by atoms with Crippen LogP contribution < -0.4 is 19.7 Å². The Bertz CT molecular complexity index is 1130. The van der Waals surface area contributed by atoms with Crippen LogP contribution in [0, 0.1) is 13.8 Å². The van der Waals surface area contributed by atoms with Gasteiger partial charge in [0, 0.05) is 11.3 Å². The van der Waals surface area contributed by atoms with E-state index in [9.17, 15) is 9.59 Å². The summed E-state index contributed by atoms with van der Waals surface area (Å²) in [6.45, 7) is 5.66. The number of rotatable bonds is 5. The van der Waals surface area contributed by atoms with Crippen LogP contribution in [0.4, 0.5) is 11.4 Å². The molecule has 4 rings (SSSR count). The van der Waals surface area contributed by atoms with Gasteiger partial charge < -0.3 is 24.2 Å². The van der Waals surface area contributed by atoms with E-state index in [2.05, 4.69) is 10.5 Å². The van der Waals surface area contributed by atoms with Crippen molar-refractivity contribution in [1.82, 2.24) is 5.16 Å². The van der Waals surface area contributed by atoms with Crippen molar-refractivity contribution >= 4 is 23.2 Å². The second-order valence-electron chi connectivity index (χ2n) is 7.32. The number of amides is 2. The summed E-state index contributed by atoms with van der Waals surface area (Å²) in [7, 11) is 1.52. The van der Waals surface area contributed by atoms with Crippen molar-refractivity contribution in [3.8, 4) is 11.5 Å². The standard InChI is InChI=1S/C23H23N3O5/c1-13-18(14(2)31-25-13)12-26-19-11-16(9-10-21(19)30-15(3)23(26)28)24-22(27)17-7-5-6-8-20(17)29-4/h5-11,15H,12H2,1-4H3,(H,24,27). The Labute approximate surface area is 179 Å². The van der Waals surface area contributed by atoms with E-state index >= 15 is 0 Å². The molecule has 8 heteroatoms. The summed E-state index contributed by atoms with van der Waals surface area (Å²) < 4.78 is 16.3. The molecule has 31 heavy (non-hydrogen) atoms. The van der Waals surface area contributed by atoms with Gasteiger partial charge in [0.2, 0.25) is 0 Å². The molecule has 1 aromatic heterocycles. The monoisotopic (exact) mass is 421 g/mol. The molecule has 1 atom stereocenters. The topological polar surface area (TPSA) is 93.9 Å². The summed E-state index contributed by atoms with van der Waals surface area (Å²) in [5.41, 5.74) is 3.09. The second kappa shape index (κ2) is 8.14. The van der Waals surface area contributed by atoms with Gasteiger partial charge in [-0.2, -0.15) is 0 Å². The van der Waals surface area contributed by atoms with Gasteiger partial charge in [0.1, 0.15) is 17.3 Å². The molecule has 8 nitrogen and oxygen atoms in total. The van der Waals surface area contributed by atoms with E-state index in [1.807, 2.05) is 13.8 Å². The SMILES string of the molecule is COc1ccccc1C(=O)Nc1ccc2c(c1)N(Cc1c(C)noc1C)C(=O)C(C)O2. The Hall–Kier alpha value is -3.81. The lowest BCUT2D eigenvalue weighted by Gasteiger charge is -2.33. The number of carbonyl (C=O) groups is 2. The Kier molecular flexibility index (Phi) is 5.37. The lowest BCUT2D eigenvalue weighted by Crippen LogP contribution is -2.44. The third-order valence-electron chi connectivity index (χ3n) is 5.27. The van der Waals surface area contributed by atoms with E-state index in [1.54, 1.807) is 54.3 Å². The molecule has 1 aliphatic heterocycles. The Morgan fingerprint density at radius 1 is 1.23 bits per heavy atom. The van der Waals surface area contributed by atoms with Crippen LogP contribution in [-0.4, -0.2) is 30.2 Å². The fourth-order valence-electron chi connectivity index (χ4n) is 3.56. The predicted octanol–water partition coefficient (Wildman–Crippen LogP) is 3.87. The Balaban J connectivity index is 1.66. The first-order valence-electron chi connectivity index (χ1n) is 9.87. The van der Waals surface area contributed by atoms with E-state index in [4.69, 9.17) is 14.0 Å². The molecule has 2 aromatic carbocycles. The molecule has 0 saturated carbocycles. The van der Waals surface area contributed by atoms with Gasteiger partial charge in [-0.15, -0.1) is 0 Å². The van der Waals surface area contributed by atoms with Crippen LogP contribution >= 0.6 is 0 Å². The number of methoxy groups -OCH3 is 1. The van der Waals surface area contributed by atoms with Gasteiger partial charge in [0.25, 0.3) is 11.8 Å². The minimum absolute atomic E-state index is 0.180. The molecule has 0 aliphatic carbocycles. The number of ether oxygens (including phenoxy) is 2. The lowest BCUT2D eigenvalue weighted by molar-refractivity contribution is -0.125. The summed E-state index contributed by atoms with van der Waals surface area (Å²) in [6, 6.07) is 12.2. The van der Waals surface area contributed by atoms with Gasteiger partial charge in [-0.05, 0) is 51.1 Å². The highest BCUT2D eigenvalue weighted by Crippen LogP contribution is 2.38. The van der Waals surface area contributed by atoms with Crippen LogP contribution in [0.2, 0.25) is 0 Å². The first-order chi connectivity index (χ1) is 14.9. The molecule has 1 unspecified atom stereocenters. The van der Waals surface area contributed by atoms with Crippen molar-refractivity contribution < 1.29 is 23.6 Å². The minimum Gasteiger partial charge on any atom is -0.496 e. The number of para-hydroxylation sites is 1. The van der Waals surface area contributed by atoms with Crippen molar-refractivity contribution in [3.63, 3.8) is 0 Å². The van der Waals surface area contributed by atoms with E-state index in [0.29, 0.717) is 40.7 Å². The molecule has 3 aromatic rings. The molecule has 1 aliphatic rings. The quantitative estimate of drug-likeness (QED) is 0.672. The molecule has 1 N–H and O–H groups in total. The van der Waals surface area contributed by atoms with Crippen LogP contribution in [0.3, 0.4) is 0 Å². The molecule has 2 heterocycles. The van der Waals surface area contributed by atoms with Crippen LogP contribution in [0.1, 0.15) is 34.3 Å². The van der Waals surface area contributed by atoms with E-state index in [1.165, 1.54) is 7.11 Å². The Morgan fingerprint density at radius 3 is 2.71 bits per heavy atom. The van der Waals surface area contributed by atoms with Crippen LogP contribution in [-0.2, 0) is 11.3 Å². The van der Waals surface area contributed by atoms with Gasteiger partial charge >= 0.3 is 0 Å². The largest absolute Gasteiger partial charge is 0.496 e. The first-order valence-corrected chi connectivity index (χ1v) is 9.87. The van der Waals surface area contributed by atoms with Gasteiger partial charge in [0.05, 0.1) is 30.6 Å². The summed E-state index contributed by atoms with van der Waals surface area (Å²) in [5.74, 6) is 1.21. The fraction of sp³-hybridized carbons (Fsp3) is 0.261. The predicted molar refractivity (Wildman–Crippen MR) is 115 cm³/mol. The normalized spacial score (nSPS) is 15.3. The van der Waals surface area contributed by atoms with Gasteiger partial charge in [-0.1, -0.05) is 17.3 Å². The highest BCUT2D eigenvalue weighted by molar-refractivity contribution is 6.07. The molecule has 0 fully saturated rings. The van der Waals surface area contributed by atoms with Gasteiger partial charge in [-0.25, -0.2) is 0 Å². The number of benzene rings is 2. The summed E-state index contributed by atoms with van der Waals surface area (Å²) in [4.78, 5) is 27.3. The zero-order valence-electron chi connectivity index (χ0n) is 17.8. The van der Waals surface area contributed by atoms with Crippen molar-refractivity contribution in [2.75, 3.05) is 17.3 Å². The van der Waals surface area contributed by atoms with Crippen LogP contribution in [0.5, 0.6) is 11.5 Å². The second-order valence-corrected chi connectivity index (χ2v) is 7.32. The van der Waals surface area contributed by atoms with E-state index < -0.39 is 6.10 Å². The molecule has 0 spiro atoms. The van der Waals surface area contributed by atoms with Crippen LogP contribution in [0.15, 0.2) is 47.0 Å². The zero-order valence-corrected chi connectivity index (χ0v) is 17.8. The van der Waals surface area contributed by atoms with Crippen molar-refractivity contribution in [1.29, 1.82) is 0 Å². The lowest BCUT2D eigenvalue weighted by atomic mass is 10.1. The average Bonchev–Trinajstić information content (AvgIpc) is 3.09. The molecule has 0 radical (unpaired) electrons. The molecule has 0 saturated heterocycles. The average molecular weight is 421 g/mol. The van der Waals surface area contributed by atoms with Crippen molar-refractivity contribution in [3.05, 3.63) is 65.0 Å². The maximum atomic E-state index is 12.9. The number of nitrogens with one attached hydrogen (secondary N) is 1. The first kappa shape index (κ1) is 20.5. The van der Waals surface area contributed by atoms with E-state index in [0.717, 1.165) is 11.3 Å². The smallest absolute Gasteiger partial charge is 0.268 e. The van der Waals surface area contributed by atoms with Gasteiger partial charge in [0.15, 0.2) is 6.10 Å². The molecule has 0 bridgehead atoms. The highest BCUT2D eigenvalue weighted by atomic mass is 16.5. The number of hydrogen-bond donors (Lipinski definition) is 1. The highest BCUT2D eigenvalue weighted by Gasteiger charge is 2.33. The maximum Gasteiger partial charge on any atom is 0.268 e. The molecule has 2 amide bonds. The summed E-state index contributed by atoms with van der Waals surface area (Å²) in [6.07, 6.45) is -0.623. The van der Waals surface area contributed by atoms with Crippen LogP contribution in [0.25, 0.3) is 0 Å². The molecular formula is C23H23N3O5. The third kappa shape index (κ3) is 3.84. The number of aromatic nitrogens is 1. The molecular weight excluding hydrogens is 398 g/mol. The van der Waals surface area contributed by atoms with E-state index in [-0.39, 0.29) is 11.8 Å². The fourth-order valence-corrected chi connectivity index (χ4v) is 3.56. The van der Waals surface area contributed by atoms with Gasteiger partial charge in [-0.3, -0.25) is 9.59 Å². The summed E-state index contributed by atoms with van der Waals surface area (Å²) in [5, 5.41) is 6.84. The summed E-state index contributed by atoms with van der Waals surface area (Å²) >= 11 is 0. The number of nitrogens with zero attached hydrogens (tertiary/aromatic N) is 2. The minimum atomic E-state index is -0.623. The number of anilines is 2. The maximum absolute atomic E-state index is 12.9. The van der Waals surface area contributed by atoms with Crippen molar-refractivity contribution in [2.45, 2.75) is 33.4 Å². The zero-order chi connectivity index (χ0) is 22.1.